The van der Waals surface area contributed by atoms with Gasteiger partial charge in [-0.3, -0.25) is 0 Å². The molecule has 8 aromatic carbocycles. The van der Waals surface area contributed by atoms with Gasteiger partial charge >= 0.3 is 0 Å². The molecule has 0 aliphatic heterocycles. The average Bonchev–Trinajstić information content (AvgIpc) is 3.90. The molecular weight excluding hydrogens is 701 g/mol. The molecule has 0 bridgehead atoms. The van der Waals surface area contributed by atoms with Gasteiger partial charge in [-0.1, -0.05) is 158 Å². The number of fused-ring (bicyclic) bond motifs is 6. The summed E-state index contributed by atoms with van der Waals surface area (Å²) in [5, 5.41) is 2.28. The molecule has 4 nitrogen and oxygen atoms in total. The van der Waals surface area contributed by atoms with Crippen molar-refractivity contribution in [3.8, 4) is 62.1 Å². The van der Waals surface area contributed by atoms with Crippen LogP contribution in [-0.2, 0) is 0 Å². The van der Waals surface area contributed by atoms with Crippen molar-refractivity contribution in [1.82, 2.24) is 19.5 Å². The second-order valence-electron chi connectivity index (χ2n) is 13.4. The lowest BCUT2D eigenvalue weighted by atomic mass is 9.99. The number of hydrogen-bond acceptors (Lipinski definition) is 4. The first-order valence-corrected chi connectivity index (χ1v) is 18.9. The van der Waals surface area contributed by atoms with Gasteiger partial charge in [0.05, 0.1) is 27.7 Å². The minimum absolute atomic E-state index is 0.00255. The van der Waals surface area contributed by atoms with Crippen LogP contribution in [0.2, 0.25) is 0 Å². The van der Waals surface area contributed by atoms with E-state index in [9.17, 15) is 2.74 Å². The molecule has 0 aliphatic carbocycles. The number of benzene rings is 8. The van der Waals surface area contributed by atoms with Gasteiger partial charge in [0.15, 0.2) is 17.5 Å². The van der Waals surface area contributed by atoms with Crippen molar-refractivity contribution in [2.24, 2.45) is 0 Å². The summed E-state index contributed by atoms with van der Waals surface area (Å²) < 4.78 is 75.3. The van der Waals surface area contributed by atoms with E-state index < -0.39 is 48.3 Å². The molecule has 0 saturated carbocycles. The molecule has 262 valence electrons. The lowest BCUT2D eigenvalue weighted by Gasteiger charge is -2.16. The van der Waals surface area contributed by atoms with E-state index in [0.717, 1.165) is 43.5 Å². The van der Waals surface area contributed by atoms with Gasteiger partial charge in [0, 0.05) is 47.6 Å². The van der Waals surface area contributed by atoms with Gasteiger partial charge in [-0.15, -0.1) is 11.3 Å². The summed E-state index contributed by atoms with van der Waals surface area (Å²) in [5.74, 6) is 1.02. The van der Waals surface area contributed by atoms with Crippen LogP contribution in [0.5, 0.6) is 0 Å². The molecule has 56 heavy (non-hydrogen) atoms. The predicted molar refractivity (Wildman–Crippen MR) is 234 cm³/mol. The number of rotatable bonds is 6. The summed E-state index contributed by atoms with van der Waals surface area (Å²) in [6.07, 6.45) is 0. The fourth-order valence-electron chi connectivity index (χ4n) is 7.44. The summed E-state index contributed by atoms with van der Waals surface area (Å²) in [7, 11) is 0. The van der Waals surface area contributed by atoms with Crippen molar-refractivity contribution in [2.45, 2.75) is 0 Å². The lowest BCUT2D eigenvalue weighted by Crippen LogP contribution is -2.04. The largest absolute Gasteiger partial charge is 0.309 e. The lowest BCUT2D eigenvalue weighted by molar-refractivity contribution is 1.06. The van der Waals surface area contributed by atoms with Crippen LogP contribution in [0.15, 0.2) is 194 Å². The van der Waals surface area contributed by atoms with Gasteiger partial charge in [0.2, 0.25) is 0 Å². The fraction of sp³-hybridized carbons (Fsp3) is 0. The van der Waals surface area contributed by atoms with E-state index in [0.29, 0.717) is 22.9 Å². The highest BCUT2D eigenvalue weighted by molar-refractivity contribution is 7.25. The molecule has 0 aliphatic rings. The Balaban J connectivity index is 1.23. The topological polar surface area (TPSA) is 43.6 Å². The Bertz CT molecular complexity index is 3630. The monoisotopic (exact) mass is 740 g/mol. The number of aromatic nitrogens is 4. The fourth-order valence-corrected chi connectivity index (χ4v) is 8.59. The molecule has 0 spiro atoms. The van der Waals surface area contributed by atoms with Gasteiger partial charge in [-0.05, 0) is 58.6 Å². The molecule has 0 N–H and O–H groups in total. The van der Waals surface area contributed by atoms with Crippen molar-refractivity contribution >= 4 is 53.3 Å². The van der Waals surface area contributed by atoms with Gasteiger partial charge in [0.1, 0.15) is 0 Å². The van der Waals surface area contributed by atoms with Crippen LogP contribution >= 0.6 is 11.3 Å². The summed E-state index contributed by atoms with van der Waals surface area (Å²) in [6.45, 7) is 0. The number of hydrogen-bond donors (Lipinski definition) is 0. The number of para-hydroxylation sites is 2. The summed E-state index contributed by atoms with van der Waals surface area (Å²) in [5.41, 5.74) is 6.05. The van der Waals surface area contributed by atoms with Crippen molar-refractivity contribution in [1.29, 1.82) is 0 Å². The normalized spacial score (nSPS) is 13.6. The zero-order valence-electron chi connectivity index (χ0n) is 37.6. The first-order valence-electron chi connectivity index (χ1n) is 22.1. The Morgan fingerprint density at radius 2 is 0.893 bits per heavy atom. The highest BCUT2D eigenvalue weighted by Gasteiger charge is 2.20. The molecular formula is C51H32N4S. The minimum Gasteiger partial charge on any atom is -0.309 e. The van der Waals surface area contributed by atoms with E-state index >= 15 is 0 Å². The Morgan fingerprint density at radius 1 is 0.393 bits per heavy atom. The zero-order chi connectivity index (χ0) is 44.0. The van der Waals surface area contributed by atoms with Crippen molar-refractivity contribution in [3.05, 3.63) is 194 Å². The molecule has 0 radical (unpaired) electrons. The third kappa shape index (κ3) is 5.48. The van der Waals surface area contributed by atoms with Crippen LogP contribution in [0.4, 0.5) is 0 Å². The highest BCUT2D eigenvalue weighted by Crippen LogP contribution is 2.40. The quantitative estimate of drug-likeness (QED) is 0.170. The third-order valence-electron chi connectivity index (χ3n) is 10.1. The standard InChI is InChI=1S/C51H32N4S/c1-3-13-33(14-4-1)34-23-25-36(26-24-34)50-52-49(35-15-5-2-6-16-35)53-51(54-50)43-31-37(38-27-29-42-41-19-9-12-22-47(41)56-48(42)32-38)28-30-46(43)55-44-20-10-7-17-39(44)40-18-8-11-21-45(40)55/h1-32H/i7D,8D,10D,11D,17D,18D,20D,21D. The van der Waals surface area contributed by atoms with E-state index in [1.54, 1.807) is 11.3 Å². The maximum atomic E-state index is 9.28. The average molecular weight is 741 g/mol. The Hall–Kier alpha value is -7.21. The second kappa shape index (κ2) is 13.3. The molecule has 3 heterocycles. The molecule has 5 heteroatoms. The van der Waals surface area contributed by atoms with Crippen molar-refractivity contribution in [2.75, 3.05) is 0 Å². The summed E-state index contributed by atoms with van der Waals surface area (Å²) >= 11 is 1.70. The number of thiophene rings is 1. The summed E-state index contributed by atoms with van der Waals surface area (Å²) in [6, 6.07) is 44.2. The molecule has 0 unspecified atom stereocenters. The highest BCUT2D eigenvalue weighted by atomic mass is 32.1. The molecule has 0 amide bonds. The van der Waals surface area contributed by atoms with Crippen LogP contribution in [0, 0.1) is 0 Å². The maximum absolute atomic E-state index is 9.28. The van der Waals surface area contributed by atoms with E-state index in [2.05, 4.69) is 30.3 Å². The van der Waals surface area contributed by atoms with E-state index in [-0.39, 0.29) is 27.6 Å². The molecule has 0 fully saturated rings. The molecule has 0 saturated heterocycles. The zero-order valence-corrected chi connectivity index (χ0v) is 30.4. The van der Waals surface area contributed by atoms with Gasteiger partial charge in [0.25, 0.3) is 0 Å². The Kier molecular flexibility index (Phi) is 5.92. The van der Waals surface area contributed by atoms with Crippen molar-refractivity contribution in [3.63, 3.8) is 0 Å². The third-order valence-corrected chi connectivity index (χ3v) is 11.3. The maximum Gasteiger partial charge on any atom is 0.166 e. The SMILES string of the molecule is [2H]c1c([2H])c([2H])c2c(c1[2H])c1c([2H])c([2H])c([2H])c([2H])c1n2-c1ccc(-c2ccc3c(c2)sc2ccccc23)cc1-c1nc(-c2ccccc2)nc(-c2ccc(-c3ccccc3)cc2)n1. The van der Waals surface area contributed by atoms with E-state index in [1.165, 1.54) is 14.7 Å². The smallest absolute Gasteiger partial charge is 0.166 e. The van der Waals surface area contributed by atoms with Crippen LogP contribution in [0.3, 0.4) is 0 Å². The van der Waals surface area contributed by atoms with Crippen LogP contribution < -0.4 is 0 Å². The molecule has 0 atom stereocenters. The van der Waals surface area contributed by atoms with Crippen LogP contribution in [0.25, 0.3) is 104 Å². The Morgan fingerprint density at radius 3 is 1.61 bits per heavy atom. The van der Waals surface area contributed by atoms with Crippen LogP contribution in [0.1, 0.15) is 11.0 Å². The predicted octanol–water partition coefficient (Wildman–Crippen LogP) is 13.7. The summed E-state index contributed by atoms with van der Waals surface area (Å²) in [4.78, 5) is 15.3. The minimum atomic E-state index is -0.510. The van der Waals surface area contributed by atoms with Crippen molar-refractivity contribution < 1.29 is 11.0 Å². The van der Waals surface area contributed by atoms with E-state index in [1.807, 2.05) is 115 Å². The molecule has 3 aromatic heterocycles. The first-order chi connectivity index (χ1) is 31.1. The van der Waals surface area contributed by atoms with Gasteiger partial charge in [-0.25, -0.2) is 15.0 Å². The first kappa shape index (κ1) is 25.0. The molecule has 11 rings (SSSR count). The van der Waals surface area contributed by atoms with Gasteiger partial charge in [-0.2, -0.15) is 0 Å². The Labute approximate surface area is 338 Å². The second-order valence-corrected chi connectivity index (χ2v) is 14.5. The van der Waals surface area contributed by atoms with E-state index in [4.69, 9.17) is 23.2 Å². The number of nitrogens with zero attached hydrogens (tertiary/aromatic N) is 4. The van der Waals surface area contributed by atoms with Crippen LogP contribution in [-0.4, -0.2) is 19.5 Å². The van der Waals surface area contributed by atoms with Gasteiger partial charge < -0.3 is 4.57 Å². The molecule has 11 aromatic rings.